The fraction of sp³-hybridized carbons (Fsp3) is 0.500. The number of benzene rings is 3. The zero-order valence-electron chi connectivity index (χ0n) is 32.4. The highest BCUT2D eigenvalue weighted by Crippen LogP contribution is 2.59. The van der Waals surface area contributed by atoms with Crippen LogP contribution in [0, 0.1) is 18.3 Å². The molecule has 1 aliphatic carbocycles. The summed E-state index contributed by atoms with van der Waals surface area (Å²) in [6, 6.07) is 28.7. The van der Waals surface area contributed by atoms with Crippen molar-refractivity contribution in [3.63, 3.8) is 0 Å². The van der Waals surface area contributed by atoms with Crippen molar-refractivity contribution >= 4 is 46.9 Å². The fourth-order valence-corrected chi connectivity index (χ4v) is 14.5. The molecule has 3 aromatic carbocycles. The Kier molecular flexibility index (Phi) is 9.55. The molecule has 1 spiro atoms. The summed E-state index contributed by atoms with van der Waals surface area (Å²) in [5.74, 6) is 0.790. The predicted molar refractivity (Wildman–Crippen MR) is 216 cm³/mol. The number of hydrogen-bond acceptors (Lipinski definition) is 7. The topological polar surface area (TPSA) is 76.2 Å². The molecular formula is C44H56N4O4Si. The van der Waals surface area contributed by atoms with E-state index in [1.54, 1.807) is 0 Å². The quantitative estimate of drug-likeness (QED) is 0.206. The van der Waals surface area contributed by atoms with Crippen molar-refractivity contribution in [1.82, 2.24) is 9.88 Å². The highest BCUT2D eigenvalue weighted by atomic mass is 28.4. The Hall–Kier alpha value is -3.60. The molecule has 1 amide bonds. The number of carbonyl (C=O) groups is 1. The van der Waals surface area contributed by atoms with Gasteiger partial charge >= 0.3 is 0 Å². The van der Waals surface area contributed by atoms with E-state index < -0.39 is 8.32 Å². The van der Waals surface area contributed by atoms with Gasteiger partial charge in [0.1, 0.15) is 5.82 Å². The SMILES string of the molecule is Cc1cc2cnc(NC(=O)[C@@H]3CC34CCOCC4)cc2cc1N1CCN(C2(C)COCC2O[Si](c2ccccc2)(c2ccccc2)C(C)(C)C)C[C@@H]1C. The summed E-state index contributed by atoms with van der Waals surface area (Å²) in [7, 11) is -2.77. The molecule has 8 nitrogen and oxygen atoms in total. The van der Waals surface area contributed by atoms with E-state index in [-0.39, 0.29) is 40.0 Å². The van der Waals surface area contributed by atoms with Gasteiger partial charge in [-0.2, -0.15) is 0 Å². The maximum absolute atomic E-state index is 13.2. The van der Waals surface area contributed by atoms with Gasteiger partial charge in [-0.1, -0.05) is 81.4 Å². The normalized spacial score (nSPS) is 26.2. The largest absolute Gasteiger partial charge is 0.400 e. The number of aryl methyl sites for hydroxylation is 1. The molecule has 0 radical (unpaired) electrons. The Bertz CT molecular complexity index is 1910. The number of nitrogens with zero attached hydrogens (tertiary/aromatic N) is 3. The van der Waals surface area contributed by atoms with Gasteiger partial charge < -0.3 is 24.1 Å². The molecule has 4 aromatic rings. The fourth-order valence-electron chi connectivity index (χ4n) is 9.72. The second-order valence-electron chi connectivity index (χ2n) is 17.4. The molecule has 9 heteroatoms. The molecule has 3 saturated heterocycles. The highest BCUT2D eigenvalue weighted by Gasteiger charge is 2.58. The van der Waals surface area contributed by atoms with Crippen molar-refractivity contribution in [2.24, 2.45) is 11.3 Å². The number of carbonyl (C=O) groups excluding carboxylic acids is 1. The molecule has 3 aliphatic heterocycles. The van der Waals surface area contributed by atoms with Crippen molar-refractivity contribution in [1.29, 1.82) is 0 Å². The molecule has 8 rings (SSSR count). The van der Waals surface area contributed by atoms with Gasteiger partial charge in [0, 0.05) is 62.1 Å². The van der Waals surface area contributed by atoms with Crippen LogP contribution in [0.15, 0.2) is 85.1 Å². The molecule has 1 N–H and O–H groups in total. The molecule has 4 atom stereocenters. The summed E-state index contributed by atoms with van der Waals surface area (Å²) in [6.45, 7) is 19.4. The third-order valence-electron chi connectivity index (χ3n) is 13.0. The van der Waals surface area contributed by atoms with Crippen molar-refractivity contribution < 1.29 is 18.7 Å². The van der Waals surface area contributed by atoms with Crippen LogP contribution in [0.5, 0.6) is 0 Å². The molecule has 2 unspecified atom stereocenters. The number of hydrogen-bond donors (Lipinski definition) is 1. The second-order valence-corrected chi connectivity index (χ2v) is 21.7. The van der Waals surface area contributed by atoms with Crippen LogP contribution in [-0.2, 0) is 18.7 Å². The van der Waals surface area contributed by atoms with Crippen LogP contribution >= 0.6 is 0 Å². The number of rotatable bonds is 8. The molecule has 1 aromatic heterocycles. The number of fused-ring (bicyclic) bond motifs is 1. The van der Waals surface area contributed by atoms with E-state index in [9.17, 15) is 4.79 Å². The zero-order valence-corrected chi connectivity index (χ0v) is 33.4. The Balaban J connectivity index is 1.01. The lowest BCUT2D eigenvalue weighted by atomic mass is 9.93. The number of pyridine rings is 1. The van der Waals surface area contributed by atoms with E-state index in [1.165, 1.54) is 21.6 Å². The minimum Gasteiger partial charge on any atom is -0.400 e. The summed E-state index contributed by atoms with van der Waals surface area (Å²) in [5, 5.41) is 7.82. The van der Waals surface area contributed by atoms with Crippen LogP contribution in [0.1, 0.15) is 59.4 Å². The van der Waals surface area contributed by atoms with Gasteiger partial charge in [-0.15, -0.1) is 0 Å². The van der Waals surface area contributed by atoms with Gasteiger partial charge in [0.2, 0.25) is 5.91 Å². The Morgan fingerprint density at radius 1 is 0.943 bits per heavy atom. The maximum atomic E-state index is 13.2. The molecule has 1 saturated carbocycles. The smallest absolute Gasteiger partial charge is 0.261 e. The van der Waals surface area contributed by atoms with Gasteiger partial charge in [0.05, 0.1) is 24.9 Å². The number of aromatic nitrogens is 1. The van der Waals surface area contributed by atoms with Gasteiger partial charge in [-0.05, 0) is 90.0 Å². The van der Waals surface area contributed by atoms with E-state index in [0.717, 1.165) is 62.9 Å². The first kappa shape index (κ1) is 36.4. The van der Waals surface area contributed by atoms with E-state index >= 15 is 0 Å². The highest BCUT2D eigenvalue weighted by molar-refractivity contribution is 6.99. The average molecular weight is 733 g/mol. The Morgan fingerprint density at radius 2 is 1.62 bits per heavy atom. The summed E-state index contributed by atoms with van der Waals surface area (Å²) in [4.78, 5) is 23.1. The molecular weight excluding hydrogens is 677 g/mol. The van der Waals surface area contributed by atoms with Crippen molar-refractivity contribution in [2.45, 2.75) is 83.5 Å². The third-order valence-corrected chi connectivity index (χ3v) is 18.1. The van der Waals surface area contributed by atoms with E-state index in [1.807, 2.05) is 12.3 Å². The molecule has 4 aliphatic rings. The minimum absolute atomic E-state index is 0.0654. The van der Waals surface area contributed by atoms with Crippen LogP contribution < -0.4 is 20.6 Å². The second kappa shape index (κ2) is 13.9. The van der Waals surface area contributed by atoms with Gasteiger partial charge in [0.25, 0.3) is 8.32 Å². The minimum atomic E-state index is -2.77. The Labute approximate surface area is 316 Å². The summed E-state index contributed by atoms with van der Waals surface area (Å²) < 4.78 is 19.6. The number of nitrogens with one attached hydrogen (secondary N) is 1. The average Bonchev–Trinajstić information content (AvgIpc) is 3.71. The van der Waals surface area contributed by atoms with Crippen LogP contribution in [-0.4, -0.2) is 87.9 Å². The number of amides is 1. The van der Waals surface area contributed by atoms with E-state index in [4.69, 9.17) is 13.9 Å². The van der Waals surface area contributed by atoms with Crippen LogP contribution in [0.3, 0.4) is 0 Å². The van der Waals surface area contributed by atoms with E-state index in [2.05, 4.69) is 134 Å². The lowest BCUT2D eigenvalue weighted by molar-refractivity contribution is -0.118. The number of piperazine rings is 1. The first-order valence-corrected chi connectivity index (χ1v) is 21.5. The van der Waals surface area contributed by atoms with Gasteiger partial charge in [-0.3, -0.25) is 9.69 Å². The lowest BCUT2D eigenvalue weighted by Crippen LogP contribution is -2.71. The molecule has 4 heterocycles. The van der Waals surface area contributed by atoms with E-state index in [0.29, 0.717) is 19.0 Å². The maximum Gasteiger partial charge on any atom is 0.261 e. The molecule has 4 fully saturated rings. The van der Waals surface area contributed by atoms with Gasteiger partial charge in [0.15, 0.2) is 0 Å². The summed E-state index contributed by atoms with van der Waals surface area (Å²) in [5.41, 5.74) is 2.34. The lowest BCUT2D eigenvalue weighted by Gasteiger charge is -2.52. The Morgan fingerprint density at radius 3 is 2.26 bits per heavy atom. The monoisotopic (exact) mass is 732 g/mol. The van der Waals surface area contributed by atoms with Gasteiger partial charge in [-0.25, -0.2) is 4.98 Å². The van der Waals surface area contributed by atoms with Crippen molar-refractivity contribution in [3.8, 4) is 0 Å². The van der Waals surface area contributed by atoms with Crippen LogP contribution in [0.2, 0.25) is 5.04 Å². The molecule has 53 heavy (non-hydrogen) atoms. The van der Waals surface area contributed by atoms with Crippen LogP contribution in [0.25, 0.3) is 10.8 Å². The predicted octanol–water partition coefficient (Wildman–Crippen LogP) is 6.54. The molecule has 280 valence electrons. The zero-order chi connectivity index (χ0) is 37.0. The first-order chi connectivity index (χ1) is 25.4. The summed E-state index contributed by atoms with van der Waals surface area (Å²) in [6.07, 6.45) is 4.73. The van der Waals surface area contributed by atoms with Crippen molar-refractivity contribution in [3.05, 3.63) is 90.6 Å². The van der Waals surface area contributed by atoms with Crippen molar-refractivity contribution in [2.75, 3.05) is 56.3 Å². The third kappa shape index (κ3) is 6.52. The summed E-state index contributed by atoms with van der Waals surface area (Å²) >= 11 is 0. The molecule has 0 bridgehead atoms. The standard InChI is InChI=1S/C44H56N4O4Si/c1-31-23-34-27-45-40(46-41(49)37-26-44(37)17-21-50-22-18-44)25-33(34)24-38(31)48-20-19-47(28-32(48)2)43(6)30-51-29-39(43)52-53(42(3,4)5,35-13-9-7-10-14-35)36-15-11-8-12-16-36/h7-16,23-25,27,32,37,39H,17-22,26,28-30H2,1-6H3,(H,45,46,49)/t32-,37-,39?,43?/m0/s1. The number of anilines is 2. The number of ether oxygens (including phenoxy) is 2. The first-order valence-electron chi connectivity index (χ1n) is 19.6. The van der Waals surface area contributed by atoms with Crippen LogP contribution in [0.4, 0.5) is 11.5 Å².